The number of nitro benzene ring substituents is 1. The van der Waals surface area contributed by atoms with E-state index in [4.69, 9.17) is 9.88 Å². The van der Waals surface area contributed by atoms with Crippen LogP contribution in [-0.2, 0) is 14.8 Å². The highest BCUT2D eigenvalue weighted by molar-refractivity contribution is 7.89. The molecule has 138 valence electrons. The van der Waals surface area contributed by atoms with Crippen LogP contribution in [0, 0.1) is 10.1 Å². The Kier molecular flexibility index (Phi) is 4.29. The molecule has 1 aromatic carbocycles. The third-order valence-electron chi connectivity index (χ3n) is 4.86. The number of nitrogens with two attached hydrogens (primary N) is 1. The summed E-state index contributed by atoms with van der Waals surface area (Å²) in [6, 6.07) is 3.68. The predicted molar refractivity (Wildman–Crippen MR) is 93.0 cm³/mol. The van der Waals surface area contributed by atoms with Crippen molar-refractivity contribution in [1.82, 2.24) is 0 Å². The van der Waals surface area contributed by atoms with Crippen LogP contribution < -0.4 is 10.0 Å². The molecule has 1 saturated heterocycles. The smallest absolute Gasteiger partial charge is 0.271 e. The van der Waals surface area contributed by atoms with Crippen molar-refractivity contribution >= 4 is 21.4 Å². The summed E-state index contributed by atoms with van der Waals surface area (Å²) in [7, 11) is -4.00. The fourth-order valence-corrected chi connectivity index (χ4v) is 4.81. The van der Waals surface area contributed by atoms with Gasteiger partial charge in [-0.05, 0) is 32.8 Å². The van der Waals surface area contributed by atoms with Gasteiger partial charge < -0.3 is 9.64 Å². The molecule has 2 fully saturated rings. The first-order valence-corrected chi connectivity index (χ1v) is 9.82. The van der Waals surface area contributed by atoms with Crippen molar-refractivity contribution in [2.45, 2.75) is 55.6 Å². The van der Waals surface area contributed by atoms with Crippen LogP contribution in [0.15, 0.2) is 23.1 Å². The molecule has 0 aromatic heterocycles. The van der Waals surface area contributed by atoms with Crippen LogP contribution in [0.25, 0.3) is 0 Å². The van der Waals surface area contributed by atoms with Crippen LogP contribution in [-0.4, -0.2) is 37.6 Å². The van der Waals surface area contributed by atoms with Crippen molar-refractivity contribution in [3.63, 3.8) is 0 Å². The number of sulfonamides is 1. The monoisotopic (exact) mass is 369 g/mol. The number of ether oxygens (including phenoxy) is 1. The molecule has 1 aliphatic heterocycles. The fourth-order valence-electron chi connectivity index (χ4n) is 4.07. The third kappa shape index (κ3) is 3.63. The molecule has 0 atom stereocenters. The number of non-ortho nitro benzene ring substituents is 1. The first kappa shape index (κ1) is 18.1. The van der Waals surface area contributed by atoms with Gasteiger partial charge >= 0.3 is 0 Å². The second-order valence-electron chi connectivity index (χ2n) is 7.56. The molecule has 1 aromatic rings. The minimum Gasteiger partial charge on any atom is -0.365 e. The van der Waals surface area contributed by atoms with Crippen molar-refractivity contribution < 1.29 is 18.1 Å². The van der Waals surface area contributed by atoms with E-state index in [2.05, 4.69) is 0 Å². The molecule has 25 heavy (non-hydrogen) atoms. The maximum atomic E-state index is 12.0. The van der Waals surface area contributed by atoms with Gasteiger partial charge in [0.05, 0.1) is 21.8 Å². The van der Waals surface area contributed by atoms with E-state index in [-0.39, 0.29) is 21.9 Å². The highest BCUT2D eigenvalue weighted by Crippen LogP contribution is 2.43. The minimum atomic E-state index is -4.00. The third-order valence-corrected chi connectivity index (χ3v) is 5.82. The lowest BCUT2D eigenvalue weighted by Crippen LogP contribution is -2.59. The number of rotatable bonds is 3. The number of hydrogen-bond donors (Lipinski definition) is 1. The van der Waals surface area contributed by atoms with Crippen LogP contribution in [0.3, 0.4) is 0 Å². The van der Waals surface area contributed by atoms with Gasteiger partial charge in [-0.3, -0.25) is 10.1 Å². The summed E-state index contributed by atoms with van der Waals surface area (Å²) in [4.78, 5) is 12.4. The van der Waals surface area contributed by atoms with Gasteiger partial charge in [-0.15, -0.1) is 0 Å². The maximum Gasteiger partial charge on any atom is 0.271 e. The summed E-state index contributed by atoms with van der Waals surface area (Å²) < 4.78 is 30.3. The number of nitrogens with zero attached hydrogens (tertiary/aromatic N) is 2. The van der Waals surface area contributed by atoms with Crippen LogP contribution >= 0.6 is 0 Å². The lowest BCUT2D eigenvalue weighted by Gasteiger charge is -2.49. The highest BCUT2D eigenvalue weighted by atomic mass is 32.2. The second kappa shape index (κ2) is 5.93. The van der Waals surface area contributed by atoms with Gasteiger partial charge in [-0.1, -0.05) is 12.8 Å². The zero-order chi connectivity index (χ0) is 18.5. The number of nitro groups is 1. The Balaban J connectivity index is 2.09. The lowest BCUT2D eigenvalue weighted by atomic mass is 9.93. The number of primary sulfonamides is 1. The standard InChI is InChI=1S/C16H23N3O5S/c1-15(2)10-18(11-16(24-15)7-3-4-8-16)13-9-12(19(20)21)5-6-14(13)25(17,22)23/h5-6,9H,3-4,7-8,10-11H2,1-2H3,(H2,17,22,23). The van der Waals surface area contributed by atoms with Crippen molar-refractivity contribution in [3.8, 4) is 0 Å². The van der Waals surface area contributed by atoms with Crippen LogP contribution in [0.4, 0.5) is 11.4 Å². The fraction of sp³-hybridized carbons (Fsp3) is 0.625. The zero-order valence-corrected chi connectivity index (χ0v) is 15.2. The van der Waals surface area contributed by atoms with Gasteiger partial charge in [0, 0.05) is 25.2 Å². The Bertz CT molecular complexity index is 800. The van der Waals surface area contributed by atoms with Crippen LogP contribution in [0.5, 0.6) is 0 Å². The first-order valence-electron chi connectivity index (χ1n) is 8.28. The highest BCUT2D eigenvalue weighted by Gasteiger charge is 2.46. The Labute approximate surface area is 147 Å². The SMILES string of the molecule is CC1(C)CN(c2cc([N+](=O)[O-])ccc2S(N)(=O)=O)CC2(CCCC2)O1. The normalized spacial score (nSPS) is 22.3. The zero-order valence-electron chi connectivity index (χ0n) is 14.4. The number of benzene rings is 1. The van der Waals surface area contributed by atoms with Crippen LogP contribution in [0.2, 0.25) is 0 Å². The van der Waals surface area contributed by atoms with Gasteiger partial charge in [-0.25, -0.2) is 13.6 Å². The first-order chi connectivity index (χ1) is 11.5. The lowest BCUT2D eigenvalue weighted by molar-refractivity contribution is -0.384. The quantitative estimate of drug-likeness (QED) is 0.645. The van der Waals surface area contributed by atoms with E-state index < -0.39 is 20.5 Å². The minimum absolute atomic E-state index is 0.0936. The molecule has 0 amide bonds. The van der Waals surface area contributed by atoms with Crippen LogP contribution in [0.1, 0.15) is 39.5 Å². The molecule has 0 bridgehead atoms. The number of anilines is 1. The number of morpholine rings is 1. The molecule has 2 N–H and O–H groups in total. The van der Waals surface area contributed by atoms with Crippen molar-refractivity contribution in [2.24, 2.45) is 5.14 Å². The summed E-state index contributed by atoms with van der Waals surface area (Å²) >= 11 is 0. The summed E-state index contributed by atoms with van der Waals surface area (Å²) in [6.07, 6.45) is 3.90. The molecule has 1 heterocycles. The molecular weight excluding hydrogens is 346 g/mol. The van der Waals surface area contributed by atoms with Gasteiger partial charge in [0.1, 0.15) is 4.90 Å². The van der Waals surface area contributed by atoms with E-state index in [9.17, 15) is 18.5 Å². The molecular formula is C16H23N3O5S. The Morgan fingerprint density at radius 1 is 1.24 bits per heavy atom. The summed E-state index contributed by atoms with van der Waals surface area (Å²) in [5.41, 5.74) is -0.725. The molecule has 0 radical (unpaired) electrons. The Morgan fingerprint density at radius 2 is 1.88 bits per heavy atom. The molecule has 1 spiro atoms. The van der Waals surface area contributed by atoms with Gasteiger partial charge in [-0.2, -0.15) is 0 Å². The molecule has 0 unspecified atom stereocenters. The van der Waals surface area contributed by atoms with E-state index in [0.29, 0.717) is 13.1 Å². The average molecular weight is 369 g/mol. The molecule has 2 aliphatic rings. The van der Waals surface area contributed by atoms with Crippen molar-refractivity contribution in [1.29, 1.82) is 0 Å². The molecule has 1 aliphatic carbocycles. The second-order valence-corrected chi connectivity index (χ2v) is 9.09. The molecule has 9 heteroatoms. The van der Waals surface area contributed by atoms with Gasteiger partial charge in [0.15, 0.2) is 0 Å². The summed E-state index contributed by atoms with van der Waals surface area (Å²) in [6.45, 7) is 4.83. The molecule has 1 saturated carbocycles. The maximum absolute atomic E-state index is 12.0. The van der Waals surface area contributed by atoms with E-state index >= 15 is 0 Å². The largest absolute Gasteiger partial charge is 0.365 e. The number of hydrogen-bond acceptors (Lipinski definition) is 6. The van der Waals surface area contributed by atoms with Gasteiger partial charge in [0.25, 0.3) is 5.69 Å². The topological polar surface area (TPSA) is 116 Å². The molecule has 8 nitrogen and oxygen atoms in total. The van der Waals surface area contributed by atoms with E-state index in [0.717, 1.165) is 25.7 Å². The van der Waals surface area contributed by atoms with E-state index in [1.807, 2.05) is 18.7 Å². The van der Waals surface area contributed by atoms with Crippen molar-refractivity contribution in [2.75, 3.05) is 18.0 Å². The Hall–Kier alpha value is -1.71. The van der Waals surface area contributed by atoms with Gasteiger partial charge in [0.2, 0.25) is 10.0 Å². The Morgan fingerprint density at radius 3 is 2.44 bits per heavy atom. The average Bonchev–Trinajstić information content (AvgIpc) is 2.91. The summed E-state index contributed by atoms with van der Waals surface area (Å²) in [5.74, 6) is 0. The molecule has 3 rings (SSSR count). The van der Waals surface area contributed by atoms with E-state index in [1.165, 1.54) is 18.2 Å². The van der Waals surface area contributed by atoms with Crippen molar-refractivity contribution in [3.05, 3.63) is 28.3 Å². The van der Waals surface area contributed by atoms with E-state index in [1.54, 1.807) is 0 Å². The summed E-state index contributed by atoms with van der Waals surface area (Å²) in [5, 5.41) is 16.5. The predicted octanol–water partition coefficient (Wildman–Crippen LogP) is 2.17.